The van der Waals surface area contributed by atoms with Crippen LogP contribution in [0, 0.1) is 0 Å². The predicted molar refractivity (Wildman–Crippen MR) is 127 cm³/mol. The number of benzene rings is 1. The van der Waals surface area contributed by atoms with Crippen molar-refractivity contribution in [3.05, 3.63) is 41.4 Å². The molecule has 1 fully saturated rings. The Morgan fingerprint density at radius 2 is 2.08 bits per heavy atom. The SMILES string of the molecule is CCOC(=O)C1(NCc2ccc3c(c2)OCCO3)CCN(c2ncc3ccsc3n2)C(C(F)(F)F)C1. The summed E-state index contributed by atoms with van der Waals surface area (Å²) in [6.45, 7) is 2.64. The molecule has 36 heavy (non-hydrogen) atoms. The lowest BCUT2D eigenvalue weighted by Crippen LogP contribution is -2.65. The van der Waals surface area contributed by atoms with Crippen molar-refractivity contribution in [2.24, 2.45) is 0 Å². The Hall–Kier alpha value is -3.12. The van der Waals surface area contributed by atoms with Crippen LogP contribution in [0.25, 0.3) is 10.2 Å². The normalized spacial score (nSPS) is 22.0. The number of fused-ring (bicyclic) bond motifs is 2. The summed E-state index contributed by atoms with van der Waals surface area (Å²) in [5.41, 5.74) is -0.784. The van der Waals surface area contributed by atoms with Gasteiger partial charge in [-0.1, -0.05) is 6.07 Å². The van der Waals surface area contributed by atoms with Gasteiger partial charge in [-0.2, -0.15) is 13.2 Å². The predicted octanol–water partition coefficient (Wildman–Crippen LogP) is 4.09. The molecule has 2 unspecified atom stereocenters. The van der Waals surface area contributed by atoms with Gasteiger partial charge in [0, 0.05) is 31.1 Å². The molecule has 0 aliphatic carbocycles. The molecule has 2 aliphatic heterocycles. The van der Waals surface area contributed by atoms with Crippen molar-refractivity contribution in [1.82, 2.24) is 15.3 Å². The van der Waals surface area contributed by atoms with E-state index in [0.717, 1.165) is 15.8 Å². The number of thiophene rings is 1. The molecule has 4 heterocycles. The number of halogens is 3. The fourth-order valence-corrected chi connectivity index (χ4v) is 5.32. The third-order valence-corrected chi connectivity index (χ3v) is 7.25. The van der Waals surface area contributed by atoms with Gasteiger partial charge in [0.05, 0.1) is 6.61 Å². The Morgan fingerprint density at radius 1 is 1.28 bits per heavy atom. The molecular formula is C24H25F3N4O4S. The Balaban J connectivity index is 1.42. The van der Waals surface area contributed by atoms with E-state index in [1.165, 1.54) is 17.5 Å². The number of hydrogen-bond donors (Lipinski definition) is 1. The minimum atomic E-state index is -4.62. The molecule has 0 bridgehead atoms. The van der Waals surface area contributed by atoms with Crippen molar-refractivity contribution in [2.75, 3.05) is 31.3 Å². The van der Waals surface area contributed by atoms with E-state index in [9.17, 15) is 18.0 Å². The first-order chi connectivity index (χ1) is 17.3. The number of hydrogen-bond acceptors (Lipinski definition) is 9. The molecule has 3 aromatic rings. The fourth-order valence-electron chi connectivity index (χ4n) is 4.58. The van der Waals surface area contributed by atoms with Crippen LogP contribution in [0.2, 0.25) is 0 Å². The zero-order chi connectivity index (χ0) is 25.3. The number of nitrogens with one attached hydrogen (secondary N) is 1. The van der Waals surface area contributed by atoms with Gasteiger partial charge in [-0.15, -0.1) is 11.3 Å². The first-order valence-corrected chi connectivity index (χ1v) is 12.5. The van der Waals surface area contributed by atoms with E-state index in [0.29, 0.717) is 29.5 Å². The lowest BCUT2D eigenvalue weighted by Gasteiger charge is -2.45. The molecule has 1 saturated heterocycles. The quantitative estimate of drug-likeness (QED) is 0.485. The second-order valence-electron chi connectivity index (χ2n) is 8.69. The average Bonchev–Trinajstić information content (AvgIpc) is 3.35. The number of carbonyl (C=O) groups excluding carboxylic acids is 1. The molecular weight excluding hydrogens is 497 g/mol. The van der Waals surface area contributed by atoms with Gasteiger partial charge in [-0.05, 0) is 42.5 Å². The molecule has 12 heteroatoms. The first kappa shape index (κ1) is 24.6. The van der Waals surface area contributed by atoms with Gasteiger partial charge in [0.1, 0.15) is 29.6 Å². The van der Waals surface area contributed by atoms with E-state index in [1.54, 1.807) is 25.1 Å². The lowest BCUT2D eigenvalue weighted by molar-refractivity contribution is -0.169. The molecule has 192 valence electrons. The van der Waals surface area contributed by atoms with Crippen LogP contribution in [0.5, 0.6) is 11.5 Å². The molecule has 8 nitrogen and oxygen atoms in total. The molecule has 5 rings (SSSR count). The molecule has 0 radical (unpaired) electrons. The number of piperidine rings is 1. The highest BCUT2D eigenvalue weighted by Crippen LogP contribution is 2.39. The van der Waals surface area contributed by atoms with Crippen molar-refractivity contribution in [2.45, 2.75) is 44.1 Å². The Kier molecular flexibility index (Phi) is 6.64. The van der Waals surface area contributed by atoms with E-state index in [4.69, 9.17) is 14.2 Å². The van der Waals surface area contributed by atoms with Gasteiger partial charge in [0.15, 0.2) is 11.5 Å². The summed E-state index contributed by atoms with van der Waals surface area (Å²) in [6.07, 6.45) is -3.54. The van der Waals surface area contributed by atoms with Gasteiger partial charge in [0.2, 0.25) is 5.95 Å². The second kappa shape index (κ2) is 9.74. The number of esters is 1. The lowest BCUT2D eigenvalue weighted by atomic mass is 9.82. The average molecular weight is 523 g/mol. The summed E-state index contributed by atoms with van der Waals surface area (Å²) >= 11 is 1.34. The Bertz CT molecular complexity index is 1250. The molecule has 2 atom stereocenters. The van der Waals surface area contributed by atoms with Crippen molar-refractivity contribution >= 4 is 33.5 Å². The minimum absolute atomic E-state index is 0.00318. The van der Waals surface area contributed by atoms with Gasteiger partial charge >= 0.3 is 12.1 Å². The van der Waals surface area contributed by atoms with Crippen molar-refractivity contribution in [3.8, 4) is 11.5 Å². The topological polar surface area (TPSA) is 85.8 Å². The summed E-state index contributed by atoms with van der Waals surface area (Å²) in [5.74, 6) is 0.468. The molecule has 0 spiro atoms. The summed E-state index contributed by atoms with van der Waals surface area (Å²) < 4.78 is 59.5. The van der Waals surface area contributed by atoms with Crippen molar-refractivity contribution < 1.29 is 32.2 Å². The zero-order valence-electron chi connectivity index (χ0n) is 19.5. The van der Waals surface area contributed by atoms with Crippen LogP contribution < -0.4 is 19.7 Å². The third kappa shape index (κ3) is 4.79. The molecule has 0 amide bonds. The highest BCUT2D eigenvalue weighted by molar-refractivity contribution is 7.16. The summed E-state index contributed by atoms with van der Waals surface area (Å²) in [6, 6.07) is 5.15. The second-order valence-corrected chi connectivity index (χ2v) is 9.58. The molecule has 0 saturated carbocycles. The Morgan fingerprint density at radius 3 is 2.86 bits per heavy atom. The smallest absolute Gasteiger partial charge is 0.408 e. The zero-order valence-corrected chi connectivity index (χ0v) is 20.3. The van der Waals surface area contributed by atoms with E-state index in [2.05, 4.69) is 15.3 Å². The van der Waals surface area contributed by atoms with Crippen LogP contribution in [-0.2, 0) is 16.1 Å². The van der Waals surface area contributed by atoms with Crippen LogP contribution in [0.15, 0.2) is 35.8 Å². The number of nitrogens with zero attached hydrogens (tertiary/aromatic N) is 3. The summed E-state index contributed by atoms with van der Waals surface area (Å²) in [7, 11) is 0. The van der Waals surface area contributed by atoms with Crippen LogP contribution in [0.4, 0.5) is 19.1 Å². The minimum Gasteiger partial charge on any atom is -0.486 e. The number of rotatable bonds is 6. The first-order valence-electron chi connectivity index (χ1n) is 11.6. The van der Waals surface area contributed by atoms with Crippen LogP contribution in [0.3, 0.4) is 0 Å². The molecule has 1 aromatic carbocycles. The van der Waals surface area contributed by atoms with Gasteiger partial charge in [-0.3, -0.25) is 10.1 Å². The van der Waals surface area contributed by atoms with Crippen LogP contribution in [-0.4, -0.2) is 60.1 Å². The van der Waals surface area contributed by atoms with Gasteiger partial charge in [-0.25, -0.2) is 9.97 Å². The third-order valence-electron chi connectivity index (χ3n) is 6.43. The van der Waals surface area contributed by atoms with Crippen LogP contribution in [0.1, 0.15) is 25.3 Å². The molecule has 2 aromatic heterocycles. The highest BCUT2D eigenvalue weighted by Gasteiger charge is 2.55. The van der Waals surface area contributed by atoms with Gasteiger partial charge in [0.25, 0.3) is 0 Å². The number of alkyl halides is 3. The Labute approximate surface area is 209 Å². The maximum atomic E-state index is 14.4. The maximum Gasteiger partial charge on any atom is 0.408 e. The van der Waals surface area contributed by atoms with E-state index < -0.39 is 30.1 Å². The number of ether oxygens (including phenoxy) is 3. The van der Waals surface area contributed by atoms with E-state index in [1.807, 2.05) is 11.4 Å². The van der Waals surface area contributed by atoms with Gasteiger partial charge < -0.3 is 19.1 Å². The number of carbonyl (C=O) groups is 1. The van der Waals surface area contributed by atoms with Crippen molar-refractivity contribution in [3.63, 3.8) is 0 Å². The van der Waals surface area contributed by atoms with E-state index in [-0.39, 0.29) is 32.1 Å². The summed E-state index contributed by atoms with van der Waals surface area (Å²) in [5, 5.41) is 5.69. The fraction of sp³-hybridized carbons (Fsp3) is 0.458. The highest BCUT2D eigenvalue weighted by atomic mass is 32.1. The number of anilines is 1. The van der Waals surface area contributed by atoms with Crippen molar-refractivity contribution in [1.29, 1.82) is 0 Å². The largest absolute Gasteiger partial charge is 0.486 e. The van der Waals surface area contributed by atoms with Crippen LogP contribution >= 0.6 is 11.3 Å². The maximum absolute atomic E-state index is 14.4. The molecule has 1 N–H and O–H groups in total. The number of aromatic nitrogens is 2. The van der Waals surface area contributed by atoms with E-state index >= 15 is 0 Å². The molecule has 2 aliphatic rings. The standard InChI is InChI=1S/C24H25F3N4O4S/c1-2-33-21(32)23(29-13-15-3-4-17-18(11-15)35-9-8-34-17)6-7-31(19(12-23)24(25,26)27)22-28-14-16-5-10-36-20(16)30-22/h3-5,10-11,14,19,29H,2,6-9,12-13H2,1H3. The monoisotopic (exact) mass is 522 g/mol. The summed E-state index contributed by atoms with van der Waals surface area (Å²) in [4.78, 5) is 23.4.